The van der Waals surface area contributed by atoms with Crippen LogP contribution in [-0.4, -0.2) is 20.6 Å². The molecule has 0 bridgehead atoms. The van der Waals surface area contributed by atoms with Crippen molar-refractivity contribution in [3.05, 3.63) is 55.7 Å². The Morgan fingerprint density at radius 1 is 1.33 bits per heavy atom. The minimum atomic E-state index is -0.948. The predicted octanol–water partition coefficient (Wildman–Crippen LogP) is 2.55. The van der Waals surface area contributed by atoms with Crippen molar-refractivity contribution in [2.24, 2.45) is 0 Å². The van der Waals surface area contributed by atoms with Gasteiger partial charge in [0.1, 0.15) is 0 Å². The molecular weight excluding hydrogens is 336 g/mol. The van der Waals surface area contributed by atoms with Gasteiger partial charge in [0.05, 0.1) is 12.1 Å². The van der Waals surface area contributed by atoms with Crippen LogP contribution in [0.15, 0.2) is 27.5 Å². The van der Waals surface area contributed by atoms with Crippen molar-refractivity contribution in [1.29, 1.82) is 0 Å². The molecule has 1 N–H and O–H groups in total. The highest BCUT2D eigenvalue weighted by atomic mass is 79.9. The van der Waals surface area contributed by atoms with Gasteiger partial charge in [-0.05, 0) is 48.3 Å². The van der Waals surface area contributed by atoms with E-state index in [9.17, 15) is 9.59 Å². The predicted molar refractivity (Wildman–Crippen MR) is 83.1 cm³/mol. The Labute approximate surface area is 130 Å². The Bertz CT molecular complexity index is 781. The van der Waals surface area contributed by atoms with Gasteiger partial charge in [-0.2, -0.15) is 4.98 Å². The molecule has 0 fully saturated rings. The van der Waals surface area contributed by atoms with Gasteiger partial charge in [0.2, 0.25) is 0 Å². The molecule has 0 atom stereocenters. The van der Waals surface area contributed by atoms with Crippen molar-refractivity contribution in [3.63, 3.8) is 0 Å². The first-order valence-electron chi connectivity index (χ1n) is 6.39. The summed E-state index contributed by atoms with van der Waals surface area (Å²) in [5, 5.41) is 9.02. The zero-order valence-corrected chi connectivity index (χ0v) is 13.6. The van der Waals surface area contributed by atoms with E-state index in [0.29, 0.717) is 22.6 Å². The monoisotopic (exact) mass is 350 g/mol. The van der Waals surface area contributed by atoms with Gasteiger partial charge < -0.3 is 5.11 Å². The Balaban J connectivity index is 2.78. The molecule has 2 rings (SSSR count). The van der Waals surface area contributed by atoms with Crippen LogP contribution in [0.3, 0.4) is 0 Å². The molecule has 1 heterocycles. The highest BCUT2D eigenvalue weighted by Crippen LogP contribution is 2.25. The van der Waals surface area contributed by atoms with E-state index in [2.05, 4.69) is 20.9 Å². The largest absolute Gasteiger partial charge is 0.481 e. The molecule has 1 aromatic heterocycles. The first kappa shape index (κ1) is 15.4. The number of aryl methyl sites for hydroxylation is 2. The van der Waals surface area contributed by atoms with Crippen molar-refractivity contribution in [2.45, 2.75) is 27.2 Å². The summed E-state index contributed by atoms with van der Waals surface area (Å²) >= 11 is 3.48. The van der Waals surface area contributed by atoms with E-state index in [4.69, 9.17) is 5.11 Å². The number of halogens is 1. The third-order valence-electron chi connectivity index (χ3n) is 3.40. The maximum absolute atomic E-state index is 12.2. The van der Waals surface area contributed by atoms with Crippen LogP contribution >= 0.6 is 15.9 Å². The number of carboxylic acids is 1. The average Bonchev–Trinajstić information content (AvgIpc) is 2.39. The Kier molecular flexibility index (Phi) is 4.27. The van der Waals surface area contributed by atoms with Gasteiger partial charge in [0.25, 0.3) is 0 Å². The standard InChI is InChI=1S/C15H15BrN2O3/c1-8-5-4-6-12(14(8)16)18-10(3)11(7-13(19)20)9(2)17-15(18)21/h4-6H,7H2,1-3H3,(H,19,20). The number of carbonyl (C=O) groups is 1. The van der Waals surface area contributed by atoms with E-state index in [1.165, 1.54) is 4.57 Å². The minimum Gasteiger partial charge on any atom is -0.481 e. The van der Waals surface area contributed by atoms with E-state index in [0.717, 1.165) is 10.0 Å². The molecule has 0 aliphatic heterocycles. The van der Waals surface area contributed by atoms with Crippen LogP contribution in [0.25, 0.3) is 5.69 Å². The second-order valence-corrected chi connectivity index (χ2v) is 5.65. The van der Waals surface area contributed by atoms with Crippen molar-refractivity contribution < 1.29 is 9.90 Å². The average molecular weight is 351 g/mol. The van der Waals surface area contributed by atoms with Crippen molar-refractivity contribution >= 4 is 21.9 Å². The van der Waals surface area contributed by atoms with Gasteiger partial charge in [-0.3, -0.25) is 9.36 Å². The van der Waals surface area contributed by atoms with E-state index < -0.39 is 11.7 Å². The number of rotatable bonds is 3. The lowest BCUT2D eigenvalue weighted by Crippen LogP contribution is -2.27. The topological polar surface area (TPSA) is 72.2 Å². The molecule has 0 saturated carbocycles. The summed E-state index contributed by atoms with van der Waals surface area (Å²) in [6.07, 6.45) is -0.158. The number of aromatic nitrogens is 2. The number of nitrogens with zero attached hydrogens (tertiary/aromatic N) is 2. The first-order chi connectivity index (χ1) is 9.82. The molecule has 0 saturated heterocycles. The fraction of sp³-hybridized carbons (Fsp3) is 0.267. The Morgan fingerprint density at radius 2 is 2.00 bits per heavy atom. The van der Waals surface area contributed by atoms with Gasteiger partial charge in [-0.15, -0.1) is 0 Å². The Hall–Kier alpha value is -1.95. The highest BCUT2D eigenvalue weighted by Gasteiger charge is 2.17. The van der Waals surface area contributed by atoms with Crippen molar-refractivity contribution in [1.82, 2.24) is 9.55 Å². The molecule has 0 amide bonds. The SMILES string of the molecule is Cc1cccc(-n2c(C)c(CC(=O)O)c(C)nc2=O)c1Br. The van der Waals surface area contributed by atoms with Crippen LogP contribution in [0.5, 0.6) is 0 Å². The molecule has 0 aliphatic carbocycles. The molecule has 0 radical (unpaired) electrons. The lowest BCUT2D eigenvalue weighted by atomic mass is 10.1. The number of hydrogen-bond acceptors (Lipinski definition) is 3. The third-order valence-corrected chi connectivity index (χ3v) is 4.44. The molecular formula is C15H15BrN2O3. The van der Waals surface area contributed by atoms with Crippen LogP contribution in [0.4, 0.5) is 0 Å². The number of benzene rings is 1. The fourth-order valence-electron chi connectivity index (χ4n) is 2.30. The van der Waals surface area contributed by atoms with Crippen molar-refractivity contribution in [2.75, 3.05) is 0 Å². The summed E-state index contributed by atoms with van der Waals surface area (Å²) in [6.45, 7) is 5.32. The van der Waals surface area contributed by atoms with Gasteiger partial charge in [-0.1, -0.05) is 12.1 Å². The van der Waals surface area contributed by atoms with Gasteiger partial charge in [0.15, 0.2) is 0 Å². The zero-order chi connectivity index (χ0) is 15.7. The molecule has 0 aliphatic rings. The van der Waals surface area contributed by atoms with Gasteiger partial charge >= 0.3 is 11.7 Å². The molecule has 5 nitrogen and oxygen atoms in total. The Morgan fingerprint density at radius 3 is 2.62 bits per heavy atom. The van der Waals surface area contributed by atoms with Crippen LogP contribution in [0.2, 0.25) is 0 Å². The maximum atomic E-state index is 12.2. The number of hydrogen-bond donors (Lipinski definition) is 1. The quantitative estimate of drug-likeness (QED) is 0.923. The lowest BCUT2D eigenvalue weighted by Gasteiger charge is -2.16. The number of aliphatic carboxylic acids is 1. The van der Waals surface area contributed by atoms with E-state index in [1.54, 1.807) is 19.9 Å². The van der Waals surface area contributed by atoms with Crippen LogP contribution in [0, 0.1) is 20.8 Å². The summed E-state index contributed by atoms with van der Waals surface area (Å²) in [7, 11) is 0. The molecule has 6 heteroatoms. The fourth-order valence-corrected chi connectivity index (χ4v) is 2.74. The van der Waals surface area contributed by atoms with Gasteiger partial charge in [0, 0.05) is 21.4 Å². The second kappa shape index (κ2) is 5.81. The first-order valence-corrected chi connectivity index (χ1v) is 7.18. The molecule has 110 valence electrons. The smallest absolute Gasteiger partial charge is 0.352 e. The molecule has 2 aromatic rings. The van der Waals surface area contributed by atoms with Crippen LogP contribution in [0.1, 0.15) is 22.5 Å². The third kappa shape index (κ3) is 2.90. The summed E-state index contributed by atoms with van der Waals surface area (Å²) in [4.78, 5) is 27.2. The number of carboxylic acid groups (broad SMARTS) is 1. The molecule has 21 heavy (non-hydrogen) atoms. The van der Waals surface area contributed by atoms with E-state index in [1.807, 2.05) is 19.1 Å². The summed E-state index contributed by atoms with van der Waals surface area (Å²) < 4.78 is 2.24. The molecule has 0 unspecified atom stereocenters. The van der Waals surface area contributed by atoms with Crippen LogP contribution < -0.4 is 5.69 Å². The summed E-state index contributed by atoms with van der Waals surface area (Å²) in [5.74, 6) is -0.948. The molecule has 1 aromatic carbocycles. The van der Waals surface area contributed by atoms with E-state index >= 15 is 0 Å². The lowest BCUT2D eigenvalue weighted by molar-refractivity contribution is -0.136. The summed E-state index contributed by atoms with van der Waals surface area (Å²) in [5.41, 5.74) is 2.86. The van der Waals surface area contributed by atoms with Gasteiger partial charge in [-0.25, -0.2) is 4.79 Å². The van der Waals surface area contributed by atoms with E-state index in [-0.39, 0.29) is 6.42 Å². The highest BCUT2D eigenvalue weighted by molar-refractivity contribution is 9.10. The van der Waals surface area contributed by atoms with Crippen LogP contribution in [-0.2, 0) is 11.2 Å². The zero-order valence-electron chi connectivity index (χ0n) is 12.0. The second-order valence-electron chi connectivity index (χ2n) is 4.86. The summed E-state index contributed by atoms with van der Waals surface area (Å²) in [6, 6.07) is 5.57. The maximum Gasteiger partial charge on any atom is 0.352 e. The van der Waals surface area contributed by atoms with Crippen molar-refractivity contribution in [3.8, 4) is 5.69 Å². The normalized spacial score (nSPS) is 10.7. The molecule has 0 spiro atoms. The minimum absolute atomic E-state index is 0.158.